The van der Waals surface area contributed by atoms with Crippen molar-refractivity contribution in [2.45, 2.75) is 0 Å². The molecular weight excluding hydrogens is 423 g/mol. The van der Waals surface area contributed by atoms with E-state index in [1.165, 1.54) is 18.2 Å². The van der Waals surface area contributed by atoms with Gasteiger partial charge in [-0.2, -0.15) is 0 Å². The van der Waals surface area contributed by atoms with Crippen LogP contribution in [0.5, 0.6) is 5.75 Å². The normalized spacial score (nSPS) is 10.1. The van der Waals surface area contributed by atoms with Crippen LogP contribution in [0.1, 0.15) is 10.4 Å². The van der Waals surface area contributed by atoms with E-state index in [-0.39, 0.29) is 16.6 Å². The molecule has 2 aromatic rings. The number of nitro groups is 1. The Hall–Kier alpha value is -1.87. The molecule has 0 aliphatic carbocycles. The molecule has 0 unspecified atom stereocenters. The van der Waals surface area contributed by atoms with Gasteiger partial charge in [0.15, 0.2) is 0 Å². The molecule has 22 heavy (non-hydrogen) atoms. The average molecular weight is 433 g/mol. The number of nitrogens with zero attached hydrogens (tertiary/aromatic N) is 1. The van der Waals surface area contributed by atoms with E-state index in [0.29, 0.717) is 17.0 Å². The van der Waals surface area contributed by atoms with Gasteiger partial charge in [-0.1, -0.05) is 11.6 Å². The van der Waals surface area contributed by atoms with Crippen molar-refractivity contribution < 1.29 is 14.5 Å². The monoisotopic (exact) mass is 432 g/mol. The Balaban J connectivity index is 2.24. The number of ether oxygens (including phenoxy) is 1. The summed E-state index contributed by atoms with van der Waals surface area (Å²) in [4.78, 5) is 22.4. The second-order valence-corrected chi connectivity index (χ2v) is 5.80. The highest BCUT2D eigenvalue weighted by atomic mass is 127. The highest BCUT2D eigenvalue weighted by molar-refractivity contribution is 14.1. The molecule has 0 heterocycles. The number of halogens is 2. The van der Waals surface area contributed by atoms with Crippen LogP contribution in [0.25, 0.3) is 0 Å². The molecule has 0 saturated carbocycles. The quantitative estimate of drug-likeness (QED) is 0.448. The molecule has 0 aliphatic rings. The number of anilines is 1. The van der Waals surface area contributed by atoms with Crippen LogP contribution >= 0.6 is 34.2 Å². The maximum atomic E-state index is 12.2. The van der Waals surface area contributed by atoms with Gasteiger partial charge in [-0.3, -0.25) is 14.9 Å². The third-order valence-electron chi connectivity index (χ3n) is 2.81. The van der Waals surface area contributed by atoms with Crippen LogP contribution in [-0.2, 0) is 0 Å². The molecule has 0 aliphatic heterocycles. The van der Waals surface area contributed by atoms with E-state index < -0.39 is 4.92 Å². The van der Waals surface area contributed by atoms with Crippen LogP contribution in [0.15, 0.2) is 36.4 Å². The molecule has 0 spiro atoms. The van der Waals surface area contributed by atoms with Gasteiger partial charge in [0, 0.05) is 17.3 Å². The third-order valence-corrected chi connectivity index (χ3v) is 3.98. The van der Waals surface area contributed by atoms with Gasteiger partial charge < -0.3 is 10.1 Å². The zero-order valence-electron chi connectivity index (χ0n) is 11.3. The number of hydrogen-bond donors (Lipinski definition) is 1. The molecule has 1 amide bonds. The summed E-state index contributed by atoms with van der Waals surface area (Å²) in [6, 6.07) is 9.05. The van der Waals surface area contributed by atoms with Crippen molar-refractivity contribution in [2.75, 3.05) is 12.4 Å². The number of carbonyl (C=O) groups excluding carboxylic acids is 1. The van der Waals surface area contributed by atoms with Crippen molar-refractivity contribution in [1.29, 1.82) is 0 Å². The topological polar surface area (TPSA) is 81.5 Å². The van der Waals surface area contributed by atoms with Crippen molar-refractivity contribution >= 4 is 51.5 Å². The fraction of sp³-hybridized carbons (Fsp3) is 0.0714. The van der Waals surface area contributed by atoms with Crippen LogP contribution in [0.3, 0.4) is 0 Å². The predicted molar refractivity (Wildman–Crippen MR) is 91.8 cm³/mol. The number of carbonyl (C=O) groups is 1. The molecule has 2 rings (SSSR count). The molecule has 0 aromatic heterocycles. The van der Waals surface area contributed by atoms with Gasteiger partial charge in [0.1, 0.15) is 10.8 Å². The minimum Gasteiger partial charge on any atom is -0.496 e. The van der Waals surface area contributed by atoms with Crippen LogP contribution in [0, 0.1) is 13.7 Å². The van der Waals surface area contributed by atoms with E-state index in [2.05, 4.69) is 27.9 Å². The fourth-order valence-corrected chi connectivity index (χ4v) is 2.66. The molecule has 0 fully saturated rings. The Kier molecular flexibility index (Phi) is 5.19. The average Bonchev–Trinajstić information content (AvgIpc) is 2.48. The maximum absolute atomic E-state index is 12.2. The van der Waals surface area contributed by atoms with Gasteiger partial charge in [-0.15, -0.1) is 0 Å². The van der Waals surface area contributed by atoms with Crippen LogP contribution in [0.4, 0.5) is 11.4 Å². The number of hydrogen-bond acceptors (Lipinski definition) is 4. The van der Waals surface area contributed by atoms with Gasteiger partial charge in [0.05, 0.1) is 15.6 Å². The van der Waals surface area contributed by atoms with E-state index in [4.69, 9.17) is 16.3 Å². The van der Waals surface area contributed by atoms with E-state index in [0.717, 1.165) is 3.57 Å². The van der Waals surface area contributed by atoms with E-state index in [1.54, 1.807) is 25.3 Å². The lowest BCUT2D eigenvalue weighted by Crippen LogP contribution is -2.12. The summed E-state index contributed by atoms with van der Waals surface area (Å²) in [7, 11) is 1.55. The van der Waals surface area contributed by atoms with Gasteiger partial charge in [-0.25, -0.2) is 0 Å². The molecule has 0 atom stereocenters. The smallest absolute Gasteiger partial charge is 0.289 e. The first-order valence-electron chi connectivity index (χ1n) is 6.01. The first-order valence-corrected chi connectivity index (χ1v) is 7.47. The van der Waals surface area contributed by atoms with Crippen LogP contribution < -0.4 is 10.1 Å². The minimum atomic E-state index is -0.603. The maximum Gasteiger partial charge on any atom is 0.289 e. The minimum absolute atomic E-state index is 0.0157. The second-order valence-electron chi connectivity index (χ2n) is 4.23. The van der Waals surface area contributed by atoms with Crippen molar-refractivity contribution in [3.05, 3.63) is 60.7 Å². The molecule has 0 saturated heterocycles. The van der Waals surface area contributed by atoms with Gasteiger partial charge in [0.2, 0.25) is 0 Å². The Morgan fingerprint density at radius 3 is 2.64 bits per heavy atom. The van der Waals surface area contributed by atoms with Gasteiger partial charge in [-0.05, 0) is 52.9 Å². The van der Waals surface area contributed by atoms with Gasteiger partial charge >= 0.3 is 0 Å². The first-order chi connectivity index (χ1) is 10.4. The summed E-state index contributed by atoms with van der Waals surface area (Å²) in [5.74, 6) is 0.288. The Bertz CT molecular complexity index is 752. The molecular formula is C14H10ClIN2O4. The lowest BCUT2D eigenvalue weighted by atomic mass is 10.2. The highest BCUT2D eigenvalue weighted by Gasteiger charge is 2.15. The number of rotatable bonds is 4. The standard InChI is InChI=1S/C14H10ClIN2O4/c1-22-13-5-2-8(6-11(13)16)14(19)17-9-3-4-10(15)12(7-9)18(20)21/h2-7H,1H3,(H,17,19). The Morgan fingerprint density at radius 2 is 2.05 bits per heavy atom. The number of nitro benzene ring substituents is 1. The molecule has 8 heteroatoms. The second kappa shape index (κ2) is 6.93. The molecule has 2 aromatic carbocycles. The summed E-state index contributed by atoms with van der Waals surface area (Å²) in [6.45, 7) is 0. The Labute approximate surface area is 144 Å². The van der Waals surface area contributed by atoms with E-state index >= 15 is 0 Å². The largest absolute Gasteiger partial charge is 0.496 e. The van der Waals surface area contributed by atoms with Crippen molar-refractivity contribution in [2.24, 2.45) is 0 Å². The zero-order chi connectivity index (χ0) is 16.3. The van der Waals surface area contributed by atoms with E-state index in [1.807, 2.05) is 0 Å². The van der Waals surface area contributed by atoms with E-state index in [9.17, 15) is 14.9 Å². The molecule has 114 valence electrons. The first kappa shape index (κ1) is 16.5. The molecule has 0 radical (unpaired) electrons. The summed E-state index contributed by atoms with van der Waals surface area (Å²) >= 11 is 7.79. The number of methoxy groups -OCH3 is 1. The number of amides is 1. The van der Waals surface area contributed by atoms with Crippen LogP contribution in [0.2, 0.25) is 5.02 Å². The lowest BCUT2D eigenvalue weighted by Gasteiger charge is -2.08. The predicted octanol–water partition coefficient (Wildman–Crippen LogP) is 4.11. The molecule has 1 N–H and O–H groups in total. The number of nitrogens with one attached hydrogen (secondary N) is 1. The van der Waals surface area contributed by atoms with Crippen molar-refractivity contribution in [3.8, 4) is 5.75 Å². The molecule has 0 bridgehead atoms. The Morgan fingerprint density at radius 1 is 1.32 bits per heavy atom. The summed E-state index contributed by atoms with van der Waals surface area (Å²) in [5, 5.41) is 13.5. The zero-order valence-corrected chi connectivity index (χ0v) is 14.2. The van der Waals surface area contributed by atoms with Crippen molar-refractivity contribution in [3.63, 3.8) is 0 Å². The van der Waals surface area contributed by atoms with Gasteiger partial charge in [0.25, 0.3) is 11.6 Å². The molecule has 6 nitrogen and oxygen atoms in total. The number of benzene rings is 2. The summed E-state index contributed by atoms with van der Waals surface area (Å²) in [5.41, 5.74) is 0.457. The SMILES string of the molecule is COc1ccc(C(=O)Nc2ccc(Cl)c([N+](=O)[O-])c2)cc1I. The third kappa shape index (κ3) is 3.66. The lowest BCUT2D eigenvalue weighted by molar-refractivity contribution is -0.384. The summed E-state index contributed by atoms with van der Waals surface area (Å²) in [6.07, 6.45) is 0. The summed E-state index contributed by atoms with van der Waals surface area (Å²) < 4.78 is 5.91. The van der Waals surface area contributed by atoms with Crippen LogP contribution in [-0.4, -0.2) is 17.9 Å². The highest BCUT2D eigenvalue weighted by Crippen LogP contribution is 2.28. The fourth-order valence-electron chi connectivity index (χ4n) is 1.74. The van der Waals surface area contributed by atoms with Crippen molar-refractivity contribution in [1.82, 2.24) is 0 Å².